The minimum Gasteiger partial charge on any atom is -0.480 e. The molecule has 1 aromatic carbocycles. The molecule has 0 radical (unpaired) electrons. The van der Waals surface area contributed by atoms with Gasteiger partial charge in [0.25, 0.3) is 0 Å². The Labute approximate surface area is 125 Å². The van der Waals surface area contributed by atoms with E-state index in [-0.39, 0.29) is 0 Å². The second-order valence-electron chi connectivity index (χ2n) is 4.62. The van der Waals surface area contributed by atoms with Crippen molar-refractivity contribution < 1.29 is 9.90 Å². The van der Waals surface area contributed by atoms with Gasteiger partial charge in [-0.15, -0.1) is 11.3 Å². The van der Waals surface area contributed by atoms with E-state index in [1.54, 1.807) is 6.92 Å². The fraction of sp³-hybridized carbons (Fsp3) is 0.133. The number of rotatable bonds is 4. The van der Waals surface area contributed by atoms with Crippen LogP contribution in [-0.4, -0.2) is 27.1 Å². The molecular weight excluding hydrogens is 286 g/mol. The van der Waals surface area contributed by atoms with E-state index in [0.29, 0.717) is 5.82 Å². The zero-order valence-corrected chi connectivity index (χ0v) is 12.1. The number of hydrogen-bond donors (Lipinski definition) is 2. The highest BCUT2D eigenvalue weighted by atomic mass is 32.1. The Morgan fingerprint density at radius 1 is 1.29 bits per heavy atom. The van der Waals surface area contributed by atoms with Crippen LogP contribution in [0.4, 0.5) is 5.82 Å². The Bertz CT molecular complexity index is 786. The Balaban J connectivity index is 2.13. The van der Waals surface area contributed by atoms with Crippen molar-refractivity contribution >= 4 is 33.3 Å². The Hall–Kier alpha value is -2.47. The highest BCUT2D eigenvalue weighted by Crippen LogP contribution is 2.36. The number of hydrogen-bond acceptors (Lipinski definition) is 5. The first-order valence-electron chi connectivity index (χ1n) is 6.44. The molecule has 3 rings (SSSR count). The van der Waals surface area contributed by atoms with Crippen LogP contribution in [0.2, 0.25) is 0 Å². The van der Waals surface area contributed by atoms with Gasteiger partial charge in [0.2, 0.25) is 0 Å². The van der Waals surface area contributed by atoms with Crippen molar-refractivity contribution in [3.05, 3.63) is 42.0 Å². The number of aliphatic carboxylic acids is 1. The second kappa shape index (κ2) is 5.49. The smallest absolute Gasteiger partial charge is 0.325 e. The lowest BCUT2D eigenvalue weighted by Gasteiger charge is -2.11. The fourth-order valence-corrected chi connectivity index (χ4v) is 3.00. The van der Waals surface area contributed by atoms with Gasteiger partial charge in [0.05, 0.1) is 5.39 Å². The number of carboxylic acids is 1. The Kier molecular flexibility index (Phi) is 3.53. The number of nitrogens with zero attached hydrogens (tertiary/aromatic N) is 2. The average molecular weight is 299 g/mol. The van der Waals surface area contributed by atoms with Gasteiger partial charge in [0, 0.05) is 10.9 Å². The minimum absolute atomic E-state index is 0.551. The van der Waals surface area contributed by atoms with Crippen molar-refractivity contribution in [2.24, 2.45) is 0 Å². The third kappa shape index (κ3) is 2.57. The van der Waals surface area contributed by atoms with Crippen LogP contribution in [0.25, 0.3) is 21.3 Å². The molecule has 0 fully saturated rings. The first kappa shape index (κ1) is 13.5. The van der Waals surface area contributed by atoms with E-state index in [1.807, 2.05) is 35.7 Å². The summed E-state index contributed by atoms with van der Waals surface area (Å²) >= 11 is 1.52. The summed E-state index contributed by atoms with van der Waals surface area (Å²) in [6.07, 6.45) is 1.45. The van der Waals surface area contributed by atoms with E-state index >= 15 is 0 Å². The number of nitrogens with one attached hydrogen (secondary N) is 1. The van der Waals surface area contributed by atoms with E-state index in [4.69, 9.17) is 5.11 Å². The van der Waals surface area contributed by atoms with Gasteiger partial charge in [0.1, 0.15) is 23.0 Å². The third-order valence-electron chi connectivity index (χ3n) is 3.18. The fourth-order valence-electron chi connectivity index (χ4n) is 2.08. The van der Waals surface area contributed by atoms with Crippen LogP contribution in [0.15, 0.2) is 42.0 Å². The van der Waals surface area contributed by atoms with Gasteiger partial charge in [-0.1, -0.05) is 30.3 Å². The standard InChI is InChI=1S/C15H13N3O2S/c1-9(15(19)20)18-13-12-11(10-5-3-2-4-6-10)7-21-14(12)17-8-16-13/h2-9H,1H3,(H,19,20)(H,16,17,18). The van der Waals surface area contributed by atoms with Crippen LogP contribution in [-0.2, 0) is 4.79 Å². The molecule has 1 atom stereocenters. The number of aromatic nitrogens is 2. The summed E-state index contributed by atoms with van der Waals surface area (Å²) in [7, 11) is 0. The first-order valence-corrected chi connectivity index (χ1v) is 7.31. The molecule has 0 aliphatic rings. The van der Waals surface area contributed by atoms with Crippen molar-refractivity contribution in [2.75, 3.05) is 5.32 Å². The van der Waals surface area contributed by atoms with E-state index in [1.165, 1.54) is 17.7 Å². The van der Waals surface area contributed by atoms with E-state index < -0.39 is 12.0 Å². The predicted octanol–water partition coefficient (Wildman–Crippen LogP) is 3.24. The molecule has 5 nitrogen and oxygen atoms in total. The van der Waals surface area contributed by atoms with E-state index in [9.17, 15) is 4.79 Å². The largest absolute Gasteiger partial charge is 0.480 e. The maximum absolute atomic E-state index is 11.0. The van der Waals surface area contributed by atoms with Crippen LogP contribution in [0, 0.1) is 0 Å². The molecule has 0 amide bonds. The van der Waals surface area contributed by atoms with Crippen molar-refractivity contribution in [3.63, 3.8) is 0 Å². The summed E-state index contributed by atoms with van der Waals surface area (Å²) in [5.74, 6) is -0.367. The lowest BCUT2D eigenvalue weighted by atomic mass is 10.1. The molecule has 0 saturated carbocycles. The van der Waals surface area contributed by atoms with Gasteiger partial charge in [-0.25, -0.2) is 9.97 Å². The number of anilines is 1. The normalized spacial score (nSPS) is 12.2. The van der Waals surface area contributed by atoms with Gasteiger partial charge >= 0.3 is 5.97 Å². The maximum atomic E-state index is 11.0. The molecule has 0 aliphatic carbocycles. The maximum Gasteiger partial charge on any atom is 0.325 e. The highest BCUT2D eigenvalue weighted by molar-refractivity contribution is 7.17. The third-order valence-corrected chi connectivity index (χ3v) is 4.07. The summed E-state index contributed by atoms with van der Waals surface area (Å²) in [4.78, 5) is 20.3. The van der Waals surface area contributed by atoms with Crippen molar-refractivity contribution in [3.8, 4) is 11.1 Å². The minimum atomic E-state index is -0.918. The lowest BCUT2D eigenvalue weighted by Crippen LogP contribution is -2.26. The molecule has 2 aromatic heterocycles. The van der Waals surface area contributed by atoms with Crippen LogP contribution >= 0.6 is 11.3 Å². The van der Waals surface area contributed by atoms with Gasteiger partial charge < -0.3 is 10.4 Å². The van der Waals surface area contributed by atoms with Gasteiger partial charge in [0.15, 0.2) is 0 Å². The van der Waals surface area contributed by atoms with Crippen LogP contribution in [0.1, 0.15) is 6.92 Å². The number of thiophene rings is 1. The topological polar surface area (TPSA) is 75.1 Å². The average Bonchev–Trinajstić information content (AvgIpc) is 2.93. The summed E-state index contributed by atoms with van der Waals surface area (Å²) in [5.41, 5.74) is 2.07. The molecule has 21 heavy (non-hydrogen) atoms. The molecular formula is C15H13N3O2S. The monoisotopic (exact) mass is 299 g/mol. The van der Waals surface area contributed by atoms with E-state index in [2.05, 4.69) is 15.3 Å². The highest BCUT2D eigenvalue weighted by Gasteiger charge is 2.17. The van der Waals surface area contributed by atoms with Gasteiger partial charge in [-0.3, -0.25) is 4.79 Å². The molecule has 0 bridgehead atoms. The molecule has 1 unspecified atom stereocenters. The molecule has 2 heterocycles. The molecule has 2 N–H and O–H groups in total. The summed E-state index contributed by atoms with van der Waals surface area (Å²) in [6.45, 7) is 1.59. The number of fused-ring (bicyclic) bond motifs is 1. The Morgan fingerprint density at radius 2 is 2.05 bits per heavy atom. The Morgan fingerprint density at radius 3 is 2.76 bits per heavy atom. The van der Waals surface area contributed by atoms with Gasteiger partial charge in [-0.05, 0) is 12.5 Å². The SMILES string of the molecule is CC(Nc1ncnc2scc(-c3ccccc3)c12)C(=O)O. The van der Waals surface area contributed by atoms with Crippen LogP contribution < -0.4 is 5.32 Å². The molecule has 106 valence electrons. The molecule has 6 heteroatoms. The quantitative estimate of drug-likeness (QED) is 0.773. The van der Waals surface area contributed by atoms with Crippen molar-refractivity contribution in [1.82, 2.24) is 9.97 Å². The molecule has 0 aliphatic heterocycles. The number of benzene rings is 1. The first-order chi connectivity index (χ1) is 10.2. The predicted molar refractivity (Wildman–Crippen MR) is 83.6 cm³/mol. The van der Waals surface area contributed by atoms with Gasteiger partial charge in [-0.2, -0.15) is 0 Å². The summed E-state index contributed by atoms with van der Waals surface area (Å²) < 4.78 is 0. The van der Waals surface area contributed by atoms with Crippen molar-refractivity contribution in [2.45, 2.75) is 13.0 Å². The van der Waals surface area contributed by atoms with Crippen molar-refractivity contribution in [1.29, 1.82) is 0 Å². The molecule has 3 aromatic rings. The number of carboxylic acid groups (broad SMARTS) is 1. The lowest BCUT2D eigenvalue weighted by molar-refractivity contribution is -0.137. The zero-order chi connectivity index (χ0) is 14.8. The summed E-state index contributed by atoms with van der Waals surface area (Å²) in [6, 6.07) is 9.20. The molecule has 0 spiro atoms. The zero-order valence-electron chi connectivity index (χ0n) is 11.3. The van der Waals surface area contributed by atoms with Crippen LogP contribution in [0.5, 0.6) is 0 Å². The number of carbonyl (C=O) groups is 1. The second-order valence-corrected chi connectivity index (χ2v) is 5.48. The summed E-state index contributed by atoms with van der Waals surface area (Å²) in [5, 5.41) is 14.9. The van der Waals surface area contributed by atoms with Crippen LogP contribution in [0.3, 0.4) is 0 Å². The molecule has 0 saturated heterocycles. The van der Waals surface area contributed by atoms with E-state index in [0.717, 1.165) is 21.3 Å².